The first-order chi connectivity index (χ1) is 20.5. The topological polar surface area (TPSA) is 78.8 Å². The molecule has 0 unspecified atom stereocenters. The highest BCUT2D eigenvalue weighted by Gasteiger charge is 2.33. The molecule has 0 saturated carbocycles. The van der Waals surface area contributed by atoms with Gasteiger partial charge in [-0.1, -0.05) is 6.07 Å². The van der Waals surface area contributed by atoms with Crippen molar-refractivity contribution in [2.75, 3.05) is 37.6 Å². The van der Waals surface area contributed by atoms with E-state index in [9.17, 15) is 27.5 Å². The summed E-state index contributed by atoms with van der Waals surface area (Å²) >= 11 is 0. The number of aryl methyl sites for hydroxylation is 1. The SMILES string of the molecule is Cc1cc(C2CCN(CC(F)(F)F)CC2)ncc1COc1c(F)cc(F)cc1-c1cccc(N2CCC(C(=O)O)CC2)n1. The van der Waals surface area contributed by atoms with Crippen LogP contribution in [0.25, 0.3) is 11.3 Å². The van der Waals surface area contributed by atoms with Crippen LogP contribution in [0.15, 0.2) is 42.6 Å². The van der Waals surface area contributed by atoms with E-state index in [1.165, 1.54) is 11.0 Å². The molecule has 2 aliphatic heterocycles. The van der Waals surface area contributed by atoms with Crippen molar-refractivity contribution in [1.29, 1.82) is 0 Å². The number of carbonyl (C=O) groups is 1. The largest absolute Gasteiger partial charge is 0.485 e. The Labute approximate surface area is 246 Å². The molecule has 0 bridgehead atoms. The van der Waals surface area contributed by atoms with E-state index in [4.69, 9.17) is 4.74 Å². The van der Waals surface area contributed by atoms with Gasteiger partial charge in [0.1, 0.15) is 18.2 Å². The number of piperidine rings is 2. The molecule has 0 atom stereocenters. The second-order valence-electron chi connectivity index (χ2n) is 11.2. The van der Waals surface area contributed by atoms with Crippen LogP contribution in [0.4, 0.5) is 27.8 Å². The van der Waals surface area contributed by atoms with Crippen LogP contribution < -0.4 is 9.64 Å². The van der Waals surface area contributed by atoms with Crippen LogP contribution in [0.2, 0.25) is 0 Å². The van der Waals surface area contributed by atoms with E-state index in [1.54, 1.807) is 24.4 Å². The van der Waals surface area contributed by atoms with Crippen LogP contribution in [-0.2, 0) is 11.4 Å². The quantitative estimate of drug-likeness (QED) is 0.300. The Hall–Kier alpha value is -3.80. The summed E-state index contributed by atoms with van der Waals surface area (Å²) in [5.74, 6) is -2.40. The Balaban J connectivity index is 1.28. The molecule has 2 aliphatic rings. The number of carboxylic acids is 1. The van der Waals surface area contributed by atoms with E-state index in [0.717, 1.165) is 17.3 Å². The Morgan fingerprint density at radius 1 is 1.05 bits per heavy atom. The lowest BCUT2D eigenvalue weighted by Crippen LogP contribution is -2.39. The molecule has 43 heavy (non-hydrogen) atoms. The van der Waals surface area contributed by atoms with Crippen molar-refractivity contribution in [3.8, 4) is 17.0 Å². The minimum Gasteiger partial charge on any atom is -0.485 e. The first-order valence-electron chi connectivity index (χ1n) is 14.3. The summed E-state index contributed by atoms with van der Waals surface area (Å²) in [5, 5.41) is 9.28. The van der Waals surface area contributed by atoms with Gasteiger partial charge in [-0.2, -0.15) is 13.2 Å². The molecule has 4 heterocycles. The van der Waals surface area contributed by atoms with Gasteiger partial charge < -0.3 is 14.7 Å². The number of hydrogen-bond acceptors (Lipinski definition) is 6. The summed E-state index contributed by atoms with van der Waals surface area (Å²) in [5.41, 5.74) is 2.79. The number of likely N-dealkylation sites (tertiary alicyclic amines) is 1. The van der Waals surface area contributed by atoms with E-state index in [-0.39, 0.29) is 23.8 Å². The number of aromatic nitrogens is 2. The number of alkyl halides is 3. The van der Waals surface area contributed by atoms with Crippen LogP contribution in [-0.4, -0.2) is 64.8 Å². The maximum atomic E-state index is 15.1. The zero-order valence-electron chi connectivity index (χ0n) is 23.7. The van der Waals surface area contributed by atoms with Gasteiger partial charge >= 0.3 is 12.1 Å². The highest BCUT2D eigenvalue weighted by Crippen LogP contribution is 2.35. The second kappa shape index (κ2) is 12.8. The fourth-order valence-corrected chi connectivity index (χ4v) is 5.77. The van der Waals surface area contributed by atoms with Gasteiger partial charge in [-0.3, -0.25) is 14.7 Å². The predicted octanol–water partition coefficient (Wildman–Crippen LogP) is 6.35. The molecule has 2 aromatic heterocycles. The van der Waals surface area contributed by atoms with E-state index in [1.807, 2.05) is 17.9 Å². The Morgan fingerprint density at radius 3 is 2.42 bits per heavy atom. The molecule has 2 saturated heterocycles. The first kappa shape index (κ1) is 30.7. The monoisotopic (exact) mass is 604 g/mol. The molecule has 0 radical (unpaired) electrons. The maximum absolute atomic E-state index is 15.1. The van der Waals surface area contributed by atoms with Gasteiger partial charge in [0.25, 0.3) is 0 Å². The van der Waals surface area contributed by atoms with Crippen LogP contribution in [0, 0.1) is 24.5 Å². The lowest BCUT2D eigenvalue weighted by Gasteiger charge is -2.32. The number of pyridine rings is 2. The Kier molecular flexibility index (Phi) is 9.14. The third kappa shape index (κ3) is 7.59. The van der Waals surface area contributed by atoms with E-state index in [2.05, 4.69) is 9.97 Å². The highest BCUT2D eigenvalue weighted by atomic mass is 19.4. The predicted molar refractivity (Wildman–Crippen MR) is 150 cm³/mol. The second-order valence-corrected chi connectivity index (χ2v) is 11.2. The van der Waals surface area contributed by atoms with Gasteiger partial charge in [0.15, 0.2) is 11.6 Å². The molecular formula is C31H33F5N4O3. The van der Waals surface area contributed by atoms with Crippen LogP contribution in [0.1, 0.15) is 48.4 Å². The highest BCUT2D eigenvalue weighted by molar-refractivity contribution is 5.71. The maximum Gasteiger partial charge on any atom is 0.401 e. The molecule has 12 heteroatoms. The summed E-state index contributed by atoms with van der Waals surface area (Å²) in [6, 6.07) is 8.95. The third-order valence-electron chi connectivity index (χ3n) is 8.21. The van der Waals surface area contributed by atoms with Crippen molar-refractivity contribution < 1.29 is 36.6 Å². The van der Waals surface area contributed by atoms with E-state index in [0.29, 0.717) is 68.9 Å². The number of carboxylic acid groups (broad SMARTS) is 1. The first-order valence-corrected chi connectivity index (χ1v) is 14.3. The number of ether oxygens (including phenoxy) is 1. The molecule has 230 valence electrons. The zero-order chi connectivity index (χ0) is 30.7. The molecule has 2 fully saturated rings. The van der Waals surface area contributed by atoms with Crippen LogP contribution in [0.5, 0.6) is 5.75 Å². The molecule has 1 N–H and O–H groups in total. The number of aliphatic carboxylic acids is 1. The lowest BCUT2D eigenvalue weighted by molar-refractivity contribution is -0.148. The van der Waals surface area contributed by atoms with Crippen LogP contribution >= 0.6 is 0 Å². The Bertz CT molecular complexity index is 1450. The van der Waals surface area contributed by atoms with Gasteiger partial charge in [0.05, 0.1) is 18.2 Å². The zero-order valence-corrected chi connectivity index (χ0v) is 23.7. The van der Waals surface area contributed by atoms with Crippen molar-refractivity contribution >= 4 is 11.8 Å². The molecule has 0 amide bonds. The number of rotatable bonds is 8. The molecule has 7 nitrogen and oxygen atoms in total. The summed E-state index contributed by atoms with van der Waals surface area (Å²) in [6.07, 6.45) is -0.472. The van der Waals surface area contributed by atoms with Crippen molar-refractivity contribution in [2.24, 2.45) is 5.92 Å². The summed E-state index contributed by atoms with van der Waals surface area (Å²) in [4.78, 5) is 23.8. The smallest absolute Gasteiger partial charge is 0.401 e. The lowest BCUT2D eigenvalue weighted by atomic mass is 9.92. The summed E-state index contributed by atoms with van der Waals surface area (Å²) < 4.78 is 73.5. The summed E-state index contributed by atoms with van der Waals surface area (Å²) in [6.45, 7) is 2.61. The standard InChI is InChI=1S/C31H33F5N4O3/c1-19-13-27(20-5-9-39(10-6-20)18-31(34,35)36)37-16-22(19)17-43-29-24(14-23(32)15-25(29)33)26-3-2-4-28(38-26)40-11-7-21(8-12-40)30(41)42/h2-4,13-16,20-21H,5-12,17-18H2,1H3,(H,41,42). The number of halogens is 5. The molecule has 0 spiro atoms. The average molecular weight is 605 g/mol. The van der Waals surface area contributed by atoms with Crippen molar-refractivity contribution in [3.63, 3.8) is 0 Å². The van der Waals surface area contributed by atoms with Crippen molar-refractivity contribution in [2.45, 2.75) is 51.3 Å². The minimum atomic E-state index is -4.22. The molecule has 0 aliphatic carbocycles. The fraction of sp³-hybridized carbons (Fsp3) is 0.452. The van der Waals surface area contributed by atoms with Crippen LogP contribution in [0.3, 0.4) is 0 Å². The number of nitrogens with zero attached hydrogens (tertiary/aromatic N) is 4. The number of hydrogen-bond donors (Lipinski definition) is 1. The Morgan fingerprint density at radius 2 is 1.77 bits per heavy atom. The molecule has 1 aromatic carbocycles. The van der Waals surface area contributed by atoms with Gasteiger partial charge in [0, 0.05) is 48.1 Å². The number of benzene rings is 1. The normalized spacial score (nSPS) is 17.3. The van der Waals surface area contributed by atoms with E-state index >= 15 is 4.39 Å². The average Bonchev–Trinajstić information content (AvgIpc) is 2.96. The van der Waals surface area contributed by atoms with Crippen molar-refractivity contribution in [3.05, 3.63) is 71.1 Å². The van der Waals surface area contributed by atoms with Gasteiger partial charge in [0.2, 0.25) is 0 Å². The molecular weight excluding hydrogens is 571 g/mol. The molecule has 3 aromatic rings. The van der Waals surface area contributed by atoms with Gasteiger partial charge in [-0.05, 0) is 75.5 Å². The fourth-order valence-electron chi connectivity index (χ4n) is 5.77. The van der Waals surface area contributed by atoms with Gasteiger partial charge in [-0.25, -0.2) is 13.8 Å². The summed E-state index contributed by atoms with van der Waals surface area (Å²) in [7, 11) is 0. The van der Waals surface area contributed by atoms with Gasteiger partial charge in [-0.15, -0.1) is 0 Å². The minimum absolute atomic E-state index is 0.0406. The third-order valence-corrected chi connectivity index (χ3v) is 8.21. The molecule has 5 rings (SSSR count). The van der Waals surface area contributed by atoms with E-state index < -0.39 is 36.2 Å². The number of anilines is 1. The van der Waals surface area contributed by atoms with Crippen molar-refractivity contribution in [1.82, 2.24) is 14.9 Å².